The first-order valence-corrected chi connectivity index (χ1v) is 10.1. The Hall–Kier alpha value is -2.86. The molecule has 5 nitrogen and oxygen atoms in total. The van der Waals surface area contributed by atoms with Crippen LogP contribution >= 0.6 is 11.3 Å². The van der Waals surface area contributed by atoms with Crippen LogP contribution in [0.1, 0.15) is 25.8 Å². The first-order chi connectivity index (χ1) is 13.6. The fourth-order valence-electron chi connectivity index (χ4n) is 3.06. The van der Waals surface area contributed by atoms with Gasteiger partial charge in [0, 0.05) is 0 Å². The normalized spacial score (nSPS) is 12.4. The lowest BCUT2D eigenvalue weighted by Crippen LogP contribution is -2.22. The number of aromatic nitrogens is 2. The number of nitrogens with zero attached hydrogens (tertiary/aromatic N) is 2. The molecule has 28 heavy (non-hydrogen) atoms. The summed E-state index contributed by atoms with van der Waals surface area (Å²) in [5, 5.41) is 0. The molecule has 4 aromatic rings. The summed E-state index contributed by atoms with van der Waals surface area (Å²) in [5.74, 6) is 1.97. The summed E-state index contributed by atoms with van der Waals surface area (Å²) in [6.07, 6.45) is 2.86. The fourth-order valence-corrected chi connectivity index (χ4v) is 4.05. The Labute approximate surface area is 166 Å². The quantitative estimate of drug-likeness (QED) is 0.498. The van der Waals surface area contributed by atoms with E-state index in [1.165, 1.54) is 11.3 Å². The van der Waals surface area contributed by atoms with Gasteiger partial charge in [-0.25, -0.2) is 9.38 Å². The molecule has 2 heterocycles. The van der Waals surface area contributed by atoms with Gasteiger partial charge >= 0.3 is 0 Å². The molecule has 0 spiro atoms. The highest BCUT2D eigenvalue weighted by molar-refractivity contribution is 7.15. The molecule has 2 aromatic heterocycles. The fraction of sp³-hybridized carbons (Fsp3) is 0.273. The number of hydrogen-bond acceptors (Lipinski definition) is 5. The number of methoxy groups -OCH3 is 1. The molecule has 0 aliphatic carbocycles. The second kappa shape index (κ2) is 7.64. The van der Waals surface area contributed by atoms with E-state index in [9.17, 15) is 4.79 Å². The molecule has 0 saturated carbocycles. The van der Waals surface area contributed by atoms with E-state index in [0.29, 0.717) is 27.8 Å². The standard InChI is InChI=1S/C22H22N2O3S/c1-14(2)10-11-27-18-9-8-15(12-19(18)26-3)13-20-21(25)24-17-7-5-4-6-16(17)23-22(24)28-20/h4-9,12-14H,10-11H2,1-3H3/b20-13-. The highest BCUT2D eigenvalue weighted by Gasteiger charge is 2.11. The average Bonchev–Trinajstić information content (AvgIpc) is 3.19. The smallest absolute Gasteiger partial charge is 0.274 e. The van der Waals surface area contributed by atoms with Crippen molar-refractivity contribution in [3.63, 3.8) is 0 Å². The summed E-state index contributed by atoms with van der Waals surface area (Å²) in [6.45, 7) is 4.98. The van der Waals surface area contributed by atoms with Gasteiger partial charge in [0.15, 0.2) is 16.5 Å². The van der Waals surface area contributed by atoms with Crippen LogP contribution in [0.4, 0.5) is 0 Å². The average molecular weight is 394 g/mol. The topological polar surface area (TPSA) is 52.8 Å². The molecule has 2 aromatic carbocycles. The van der Waals surface area contributed by atoms with Gasteiger partial charge in [0.1, 0.15) is 0 Å². The van der Waals surface area contributed by atoms with Crippen LogP contribution in [-0.4, -0.2) is 23.1 Å². The Morgan fingerprint density at radius 3 is 2.79 bits per heavy atom. The third-order valence-corrected chi connectivity index (χ3v) is 5.55. The van der Waals surface area contributed by atoms with Crippen LogP contribution in [-0.2, 0) is 0 Å². The number of ether oxygens (including phenoxy) is 2. The molecule has 0 radical (unpaired) electrons. The zero-order chi connectivity index (χ0) is 19.7. The van der Waals surface area contributed by atoms with Crippen LogP contribution in [0.5, 0.6) is 11.5 Å². The molecule has 0 unspecified atom stereocenters. The first-order valence-electron chi connectivity index (χ1n) is 9.29. The maximum atomic E-state index is 12.9. The maximum Gasteiger partial charge on any atom is 0.274 e. The van der Waals surface area contributed by atoms with Gasteiger partial charge in [-0.3, -0.25) is 4.79 Å². The number of thiazole rings is 1. The van der Waals surface area contributed by atoms with Crippen LogP contribution in [0.15, 0.2) is 47.3 Å². The van der Waals surface area contributed by atoms with E-state index in [2.05, 4.69) is 18.8 Å². The Morgan fingerprint density at radius 2 is 2.00 bits per heavy atom. The van der Waals surface area contributed by atoms with Crippen LogP contribution in [0.25, 0.3) is 22.1 Å². The molecule has 0 aliphatic heterocycles. The molecule has 0 amide bonds. The van der Waals surface area contributed by atoms with Crippen molar-refractivity contribution < 1.29 is 9.47 Å². The first kappa shape index (κ1) is 18.5. The number of para-hydroxylation sites is 2. The third kappa shape index (κ3) is 3.47. The van der Waals surface area contributed by atoms with Crippen LogP contribution < -0.4 is 19.6 Å². The Balaban J connectivity index is 1.70. The van der Waals surface area contributed by atoms with E-state index < -0.39 is 0 Å². The van der Waals surface area contributed by atoms with Crippen molar-refractivity contribution in [1.82, 2.24) is 9.38 Å². The predicted octanol–water partition coefficient (Wildman–Crippen LogP) is 3.89. The van der Waals surface area contributed by atoms with Crippen molar-refractivity contribution in [1.29, 1.82) is 0 Å². The van der Waals surface area contributed by atoms with Gasteiger partial charge in [-0.1, -0.05) is 43.4 Å². The van der Waals surface area contributed by atoms with Crippen LogP contribution in [0.3, 0.4) is 0 Å². The molecule has 0 fully saturated rings. The lowest BCUT2D eigenvalue weighted by atomic mass is 10.1. The zero-order valence-corrected chi connectivity index (χ0v) is 17.0. The molecule has 0 atom stereocenters. The highest BCUT2D eigenvalue weighted by Crippen LogP contribution is 2.28. The number of hydrogen-bond donors (Lipinski definition) is 0. The molecule has 144 valence electrons. The molecule has 0 N–H and O–H groups in total. The number of rotatable bonds is 6. The minimum absolute atomic E-state index is 0.0510. The summed E-state index contributed by atoms with van der Waals surface area (Å²) in [4.78, 5) is 18.1. The van der Waals surface area contributed by atoms with Gasteiger partial charge < -0.3 is 9.47 Å². The van der Waals surface area contributed by atoms with Gasteiger partial charge in [0.25, 0.3) is 5.56 Å². The van der Waals surface area contributed by atoms with Crippen LogP contribution in [0.2, 0.25) is 0 Å². The van der Waals surface area contributed by atoms with Gasteiger partial charge in [-0.2, -0.15) is 0 Å². The van der Waals surface area contributed by atoms with Crippen molar-refractivity contribution in [2.45, 2.75) is 20.3 Å². The zero-order valence-electron chi connectivity index (χ0n) is 16.1. The summed E-state index contributed by atoms with van der Waals surface area (Å²) < 4.78 is 13.6. The number of imidazole rings is 1. The Morgan fingerprint density at radius 1 is 1.18 bits per heavy atom. The highest BCUT2D eigenvalue weighted by atomic mass is 32.1. The van der Waals surface area contributed by atoms with E-state index in [4.69, 9.17) is 9.47 Å². The largest absolute Gasteiger partial charge is 0.493 e. The van der Waals surface area contributed by atoms with Crippen molar-refractivity contribution in [2.24, 2.45) is 5.92 Å². The summed E-state index contributed by atoms with van der Waals surface area (Å²) in [6, 6.07) is 13.4. The molecule has 0 bridgehead atoms. The summed E-state index contributed by atoms with van der Waals surface area (Å²) >= 11 is 1.39. The SMILES string of the molecule is COc1cc(/C=c2\sc3nc4ccccc4n3c2=O)ccc1OCCC(C)C. The Bertz CT molecular complexity index is 1240. The van der Waals surface area contributed by atoms with Crippen LogP contribution in [0, 0.1) is 5.92 Å². The van der Waals surface area contributed by atoms with Gasteiger partial charge in [0.2, 0.25) is 0 Å². The second-order valence-electron chi connectivity index (χ2n) is 7.08. The van der Waals surface area contributed by atoms with Gasteiger partial charge in [0.05, 0.1) is 29.3 Å². The van der Waals surface area contributed by atoms with Crippen molar-refractivity contribution >= 4 is 33.4 Å². The van der Waals surface area contributed by atoms with E-state index in [-0.39, 0.29) is 5.56 Å². The van der Waals surface area contributed by atoms with E-state index >= 15 is 0 Å². The number of benzene rings is 2. The maximum absolute atomic E-state index is 12.9. The minimum Gasteiger partial charge on any atom is -0.493 e. The van der Waals surface area contributed by atoms with Crippen molar-refractivity contribution in [3.05, 3.63) is 62.9 Å². The molecule has 6 heteroatoms. The molecular formula is C22H22N2O3S. The van der Waals surface area contributed by atoms with Gasteiger partial charge in [-0.15, -0.1) is 0 Å². The molecule has 0 saturated heterocycles. The summed E-state index contributed by atoms with van der Waals surface area (Å²) in [5.41, 5.74) is 2.51. The van der Waals surface area contributed by atoms with Gasteiger partial charge in [-0.05, 0) is 48.2 Å². The van der Waals surface area contributed by atoms with E-state index in [1.54, 1.807) is 11.5 Å². The van der Waals surface area contributed by atoms with Crippen molar-refractivity contribution in [3.8, 4) is 11.5 Å². The third-order valence-electron chi connectivity index (χ3n) is 4.58. The predicted molar refractivity (Wildman–Crippen MR) is 114 cm³/mol. The molecule has 4 rings (SSSR count). The lowest BCUT2D eigenvalue weighted by molar-refractivity contribution is 0.273. The molecular weight excluding hydrogens is 372 g/mol. The Kier molecular flexibility index (Phi) is 5.05. The number of fused-ring (bicyclic) bond motifs is 3. The monoisotopic (exact) mass is 394 g/mol. The van der Waals surface area contributed by atoms with E-state index in [0.717, 1.165) is 28.8 Å². The summed E-state index contributed by atoms with van der Waals surface area (Å²) in [7, 11) is 1.62. The minimum atomic E-state index is -0.0510. The van der Waals surface area contributed by atoms with E-state index in [1.807, 2.05) is 48.5 Å². The molecule has 0 aliphatic rings. The lowest BCUT2D eigenvalue weighted by Gasteiger charge is -2.12. The van der Waals surface area contributed by atoms with Crippen molar-refractivity contribution in [2.75, 3.05) is 13.7 Å². The second-order valence-corrected chi connectivity index (χ2v) is 8.08.